The van der Waals surface area contributed by atoms with E-state index in [9.17, 15) is 0 Å². The van der Waals surface area contributed by atoms with Gasteiger partial charge in [-0.1, -0.05) is 0 Å². The summed E-state index contributed by atoms with van der Waals surface area (Å²) < 4.78 is 5.54. The van der Waals surface area contributed by atoms with Gasteiger partial charge >= 0.3 is 0 Å². The van der Waals surface area contributed by atoms with Gasteiger partial charge in [0.15, 0.2) is 0 Å². The molecule has 2 rings (SSSR count). The first-order chi connectivity index (χ1) is 9.19. The zero-order chi connectivity index (χ0) is 13.7. The van der Waals surface area contributed by atoms with Crippen molar-refractivity contribution in [3.63, 3.8) is 0 Å². The van der Waals surface area contributed by atoms with Gasteiger partial charge in [0.05, 0.1) is 5.69 Å². The van der Waals surface area contributed by atoms with Gasteiger partial charge in [-0.15, -0.1) is 0 Å². The van der Waals surface area contributed by atoms with Crippen molar-refractivity contribution in [2.75, 3.05) is 65.3 Å². The minimum atomic E-state index is 0.756. The van der Waals surface area contributed by atoms with Crippen LogP contribution in [-0.2, 0) is 6.54 Å². The Morgan fingerprint density at radius 3 is 2.68 bits per heavy atom. The van der Waals surface area contributed by atoms with Crippen LogP contribution in [0, 0.1) is 0 Å². The molecule has 1 aliphatic rings. The monoisotopic (exact) mass is 267 g/mol. The van der Waals surface area contributed by atoms with Gasteiger partial charge in [0.2, 0.25) is 0 Å². The summed E-state index contributed by atoms with van der Waals surface area (Å²) in [4.78, 5) is 11.4. The first-order valence-electron chi connectivity index (χ1n) is 6.90. The highest BCUT2D eigenvalue weighted by Crippen LogP contribution is 2.15. The Hall–Kier alpha value is -1.11. The first-order valence-corrected chi connectivity index (χ1v) is 6.90. The van der Waals surface area contributed by atoms with E-state index < -0.39 is 0 Å². The van der Waals surface area contributed by atoms with Gasteiger partial charge in [0.1, 0.15) is 6.26 Å². The predicted molar refractivity (Wildman–Crippen MR) is 76.5 cm³/mol. The van der Waals surface area contributed by atoms with E-state index in [1.165, 1.54) is 0 Å². The molecular weight excluding hydrogens is 242 g/mol. The Morgan fingerprint density at radius 2 is 2.05 bits per heavy atom. The number of piperazine rings is 1. The lowest BCUT2D eigenvalue weighted by Crippen LogP contribution is -2.48. The van der Waals surface area contributed by atoms with Crippen molar-refractivity contribution in [3.8, 4) is 0 Å². The molecule has 6 nitrogen and oxygen atoms in total. The second-order valence-electron chi connectivity index (χ2n) is 5.28. The zero-order valence-electron chi connectivity index (χ0n) is 12.2. The standard InChI is InChI=1S/C13H25N5O/c1-14-10-12-11-19-13(15-12)18-8-6-17(7-9-18)5-4-16(2)3/h11,14H,4-10H2,1-3H3. The number of likely N-dealkylation sites (N-methyl/N-ethyl adjacent to an activating group) is 1. The van der Waals surface area contributed by atoms with Gasteiger partial charge in [-0.25, -0.2) is 0 Å². The molecule has 0 amide bonds. The molecule has 1 fully saturated rings. The molecule has 2 heterocycles. The number of anilines is 1. The molecule has 6 heteroatoms. The molecule has 0 aliphatic carbocycles. The van der Waals surface area contributed by atoms with Gasteiger partial charge in [-0.3, -0.25) is 4.90 Å². The van der Waals surface area contributed by atoms with Gasteiger partial charge in [-0.2, -0.15) is 4.98 Å². The molecule has 0 radical (unpaired) electrons. The Kier molecular flexibility index (Phi) is 5.18. The van der Waals surface area contributed by atoms with Crippen molar-refractivity contribution in [1.29, 1.82) is 0 Å². The molecule has 1 saturated heterocycles. The van der Waals surface area contributed by atoms with E-state index in [4.69, 9.17) is 4.42 Å². The molecule has 1 N–H and O–H groups in total. The average molecular weight is 267 g/mol. The van der Waals surface area contributed by atoms with E-state index in [0.29, 0.717) is 0 Å². The largest absolute Gasteiger partial charge is 0.432 e. The number of rotatable bonds is 6. The van der Waals surface area contributed by atoms with Crippen molar-refractivity contribution in [2.24, 2.45) is 0 Å². The number of hydrogen-bond acceptors (Lipinski definition) is 6. The van der Waals surface area contributed by atoms with Crippen molar-refractivity contribution in [3.05, 3.63) is 12.0 Å². The van der Waals surface area contributed by atoms with E-state index in [-0.39, 0.29) is 0 Å². The summed E-state index contributed by atoms with van der Waals surface area (Å²) in [5.74, 6) is 0. The predicted octanol–water partition coefficient (Wildman–Crippen LogP) is 0.0776. The number of nitrogens with zero attached hydrogens (tertiary/aromatic N) is 4. The van der Waals surface area contributed by atoms with Crippen LogP contribution in [0.25, 0.3) is 0 Å². The molecule has 0 unspecified atom stereocenters. The maximum atomic E-state index is 5.54. The maximum absolute atomic E-state index is 5.54. The van der Waals surface area contributed by atoms with E-state index in [1.807, 2.05) is 7.05 Å². The van der Waals surface area contributed by atoms with Gasteiger partial charge in [0, 0.05) is 45.8 Å². The summed E-state index contributed by atoms with van der Waals surface area (Å²) in [6, 6.07) is 0.762. The van der Waals surface area contributed by atoms with Crippen molar-refractivity contribution >= 4 is 6.01 Å². The van der Waals surface area contributed by atoms with E-state index in [1.54, 1.807) is 6.26 Å². The van der Waals surface area contributed by atoms with Crippen LogP contribution in [0.3, 0.4) is 0 Å². The van der Waals surface area contributed by atoms with Gasteiger partial charge < -0.3 is 19.5 Å². The molecule has 108 valence electrons. The fraction of sp³-hybridized carbons (Fsp3) is 0.769. The van der Waals surface area contributed by atoms with Crippen LogP contribution in [0.4, 0.5) is 6.01 Å². The summed E-state index contributed by atoms with van der Waals surface area (Å²) in [7, 11) is 6.15. The molecule has 0 aromatic carbocycles. The normalized spacial score (nSPS) is 17.4. The third-order valence-electron chi connectivity index (χ3n) is 3.40. The quantitative estimate of drug-likeness (QED) is 0.787. The number of hydrogen-bond donors (Lipinski definition) is 1. The SMILES string of the molecule is CNCc1coc(N2CCN(CCN(C)C)CC2)n1. The van der Waals surface area contributed by atoms with Crippen LogP contribution < -0.4 is 10.2 Å². The van der Waals surface area contributed by atoms with Crippen LogP contribution in [0.1, 0.15) is 5.69 Å². The van der Waals surface area contributed by atoms with Crippen molar-refractivity contribution in [1.82, 2.24) is 20.1 Å². The van der Waals surface area contributed by atoms with Crippen LogP contribution >= 0.6 is 0 Å². The topological polar surface area (TPSA) is 47.8 Å². The molecule has 1 aliphatic heterocycles. The lowest BCUT2D eigenvalue weighted by molar-refractivity contribution is 0.226. The highest BCUT2D eigenvalue weighted by molar-refractivity contribution is 5.27. The second-order valence-corrected chi connectivity index (χ2v) is 5.28. The van der Waals surface area contributed by atoms with Crippen molar-refractivity contribution in [2.45, 2.75) is 6.54 Å². The van der Waals surface area contributed by atoms with Crippen LogP contribution in [0.5, 0.6) is 0 Å². The minimum absolute atomic E-state index is 0.756. The maximum Gasteiger partial charge on any atom is 0.297 e. The average Bonchev–Trinajstić information content (AvgIpc) is 2.86. The minimum Gasteiger partial charge on any atom is -0.432 e. The van der Waals surface area contributed by atoms with Crippen LogP contribution in [0.2, 0.25) is 0 Å². The number of oxazole rings is 1. The molecule has 1 aromatic heterocycles. The number of nitrogens with one attached hydrogen (secondary N) is 1. The molecule has 1 aromatic rings. The summed E-state index contributed by atoms with van der Waals surface area (Å²) in [5, 5.41) is 3.08. The van der Waals surface area contributed by atoms with Gasteiger partial charge in [-0.05, 0) is 21.1 Å². The second kappa shape index (κ2) is 6.88. The van der Waals surface area contributed by atoms with Crippen LogP contribution in [0.15, 0.2) is 10.7 Å². The molecule has 19 heavy (non-hydrogen) atoms. The fourth-order valence-electron chi connectivity index (χ4n) is 2.21. The summed E-state index contributed by atoms with van der Waals surface area (Å²) in [5.41, 5.74) is 0.965. The van der Waals surface area contributed by atoms with E-state index >= 15 is 0 Å². The Morgan fingerprint density at radius 1 is 1.32 bits per heavy atom. The third-order valence-corrected chi connectivity index (χ3v) is 3.40. The molecule has 0 spiro atoms. The third kappa shape index (κ3) is 4.19. The van der Waals surface area contributed by atoms with Gasteiger partial charge in [0.25, 0.3) is 6.01 Å². The van der Waals surface area contributed by atoms with E-state index in [2.05, 4.69) is 39.1 Å². The smallest absolute Gasteiger partial charge is 0.297 e. The Labute approximate surface area is 115 Å². The van der Waals surface area contributed by atoms with Crippen molar-refractivity contribution < 1.29 is 4.42 Å². The zero-order valence-corrected chi connectivity index (χ0v) is 12.2. The summed E-state index contributed by atoms with van der Waals surface area (Å²) >= 11 is 0. The number of aromatic nitrogens is 1. The molecule has 0 saturated carbocycles. The summed E-state index contributed by atoms with van der Waals surface area (Å²) in [6.07, 6.45) is 1.74. The molecular formula is C13H25N5O. The Balaban J connectivity index is 1.78. The lowest BCUT2D eigenvalue weighted by atomic mass is 10.3. The molecule has 0 bridgehead atoms. The molecule has 0 atom stereocenters. The fourth-order valence-corrected chi connectivity index (χ4v) is 2.21. The lowest BCUT2D eigenvalue weighted by Gasteiger charge is -2.34. The van der Waals surface area contributed by atoms with E-state index in [0.717, 1.165) is 57.5 Å². The van der Waals surface area contributed by atoms with Crippen LogP contribution in [-0.4, -0.2) is 75.2 Å². The Bertz CT molecular complexity index is 371. The highest BCUT2D eigenvalue weighted by atomic mass is 16.4. The first kappa shape index (κ1) is 14.3. The highest BCUT2D eigenvalue weighted by Gasteiger charge is 2.20. The summed E-state index contributed by atoms with van der Waals surface area (Å²) in [6.45, 7) is 7.16.